The van der Waals surface area contributed by atoms with Crippen LogP contribution in [0.2, 0.25) is 0 Å². The Morgan fingerprint density at radius 1 is 1.31 bits per heavy atom. The highest BCUT2D eigenvalue weighted by Gasteiger charge is 2.23. The third kappa shape index (κ3) is 7.79. The van der Waals surface area contributed by atoms with Gasteiger partial charge >= 0.3 is 0 Å². The lowest BCUT2D eigenvalue weighted by Crippen LogP contribution is -2.52. The van der Waals surface area contributed by atoms with Gasteiger partial charge in [-0.05, 0) is 24.8 Å². The van der Waals surface area contributed by atoms with Gasteiger partial charge in [0.2, 0.25) is 0 Å². The monoisotopic (exact) mass is 478 g/mol. The largest absolute Gasteiger partial charge is 0.379 e. The van der Waals surface area contributed by atoms with Gasteiger partial charge in [0.25, 0.3) is 0 Å². The molecule has 7 nitrogen and oxygen atoms in total. The topological polar surface area (TPSA) is 66.7 Å². The van der Waals surface area contributed by atoms with Gasteiger partial charge in [0.05, 0.1) is 19.4 Å². The second-order valence-corrected chi connectivity index (χ2v) is 6.97. The van der Waals surface area contributed by atoms with Crippen LogP contribution in [0.1, 0.15) is 25.8 Å². The number of rotatable bonds is 8. The van der Waals surface area contributed by atoms with Crippen molar-refractivity contribution in [2.75, 3.05) is 46.4 Å². The molecule has 1 aromatic heterocycles. The van der Waals surface area contributed by atoms with Gasteiger partial charge in [-0.2, -0.15) is 5.10 Å². The van der Waals surface area contributed by atoms with E-state index < -0.39 is 0 Å². The van der Waals surface area contributed by atoms with Crippen molar-refractivity contribution in [1.82, 2.24) is 25.3 Å². The second kappa shape index (κ2) is 12.5. The Kier molecular flexibility index (Phi) is 11.1. The quantitative estimate of drug-likeness (QED) is 0.258. The van der Waals surface area contributed by atoms with Gasteiger partial charge in [-0.3, -0.25) is 14.6 Å². The van der Waals surface area contributed by atoms with Crippen molar-refractivity contribution < 1.29 is 4.74 Å². The summed E-state index contributed by atoms with van der Waals surface area (Å²) < 4.78 is 7.46. The molecule has 1 atom stereocenters. The molecule has 0 bridgehead atoms. The Hall–Kier alpha value is -0.870. The number of ether oxygens (including phenoxy) is 1. The molecule has 26 heavy (non-hydrogen) atoms. The van der Waals surface area contributed by atoms with Crippen molar-refractivity contribution in [3.8, 4) is 0 Å². The van der Waals surface area contributed by atoms with Crippen molar-refractivity contribution in [3.05, 3.63) is 18.0 Å². The normalized spacial score (nSPS) is 17.0. The Bertz CT molecular complexity index is 528. The molecule has 1 aromatic rings. The van der Waals surface area contributed by atoms with Crippen LogP contribution in [0.25, 0.3) is 0 Å². The number of nitrogens with one attached hydrogen (secondary N) is 2. The maximum absolute atomic E-state index is 5.47. The molecule has 8 heteroatoms. The summed E-state index contributed by atoms with van der Waals surface area (Å²) >= 11 is 0. The van der Waals surface area contributed by atoms with Gasteiger partial charge in [0.1, 0.15) is 0 Å². The Morgan fingerprint density at radius 3 is 2.62 bits per heavy atom. The summed E-state index contributed by atoms with van der Waals surface area (Å²) in [5.74, 6) is 1.46. The zero-order valence-electron chi connectivity index (χ0n) is 16.6. The molecular formula is C18H35IN6O. The maximum Gasteiger partial charge on any atom is 0.191 e. The van der Waals surface area contributed by atoms with Crippen molar-refractivity contribution in [2.45, 2.75) is 39.8 Å². The molecule has 0 aliphatic carbocycles. The molecular weight excluding hydrogens is 443 g/mol. The molecule has 1 aliphatic rings. The molecule has 0 saturated carbocycles. The van der Waals surface area contributed by atoms with Crippen molar-refractivity contribution >= 4 is 29.9 Å². The number of aromatic nitrogens is 2. The summed E-state index contributed by atoms with van der Waals surface area (Å²) in [6, 6.07) is 0.495. The predicted octanol–water partition coefficient (Wildman–Crippen LogP) is 1.72. The average molecular weight is 478 g/mol. The van der Waals surface area contributed by atoms with Crippen LogP contribution >= 0.6 is 24.0 Å². The Morgan fingerprint density at radius 2 is 2.04 bits per heavy atom. The molecule has 0 spiro atoms. The van der Waals surface area contributed by atoms with Crippen LogP contribution in [0.15, 0.2) is 17.4 Å². The van der Waals surface area contributed by atoms with Gasteiger partial charge in [-0.1, -0.05) is 13.8 Å². The first-order chi connectivity index (χ1) is 12.1. The molecule has 150 valence electrons. The van der Waals surface area contributed by atoms with E-state index >= 15 is 0 Å². The lowest BCUT2D eigenvalue weighted by molar-refractivity contribution is 0.00752. The van der Waals surface area contributed by atoms with E-state index in [1.54, 1.807) is 0 Å². The lowest BCUT2D eigenvalue weighted by atomic mass is 10.0. The van der Waals surface area contributed by atoms with Gasteiger partial charge in [0, 0.05) is 52.0 Å². The number of aliphatic imine (C=N–C) groups is 1. The van der Waals surface area contributed by atoms with Gasteiger partial charge in [-0.25, -0.2) is 0 Å². The number of aryl methyl sites for hydroxylation is 2. The number of morpholine rings is 1. The van der Waals surface area contributed by atoms with Gasteiger partial charge in [-0.15, -0.1) is 24.0 Å². The van der Waals surface area contributed by atoms with E-state index in [9.17, 15) is 0 Å². The van der Waals surface area contributed by atoms with E-state index in [0.29, 0.717) is 12.0 Å². The minimum absolute atomic E-state index is 0. The Labute approximate surface area is 175 Å². The van der Waals surface area contributed by atoms with E-state index in [1.807, 2.05) is 17.9 Å². The fourth-order valence-electron chi connectivity index (χ4n) is 3.15. The van der Waals surface area contributed by atoms with E-state index in [4.69, 9.17) is 4.74 Å². The number of nitrogens with zero attached hydrogens (tertiary/aromatic N) is 4. The molecule has 2 N–H and O–H groups in total. The summed E-state index contributed by atoms with van der Waals surface area (Å²) in [6.07, 6.45) is 4.98. The van der Waals surface area contributed by atoms with Crippen molar-refractivity contribution in [1.29, 1.82) is 0 Å². The summed E-state index contributed by atoms with van der Waals surface area (Å²) in [5.41, 5.74) is 1.20. The molecule has 1 saturated heterocycles. The molecule has 1 unspecified atom stereocenters. The highest BCUT2D eigenvalue weighted by molar-refractivity contribution is 14.0. The number of halogens is 1. The van der Waals surface area contributed by atoms with Gasteiger partial charge < -0.3 is 15.4 Å². The fourth-order valence-corrected chi connectivity index (χ4v) is 3.15. The highest BCUT2D eigenvalue weighted by atomic mass is 127. The first kappa shape index (κ1) is 23.2. The fraction of sp³-hybridized carbons (Fsp3) is 0.778. The third-order valence-corrected chi connectivity index (χ3v) is 4.61. The van der Waals surface area contributed by atoms with Crippen LogP contribution in [0.3, 0.4) is 0 Å². The van der Waals surface area contributed by atoms with Crippen LogP contribution in [-0.2, 0) is 11.3 Å². The smallest absolute Gasteiger partial charge is 0.191 e. The standard InChI is InChI=1S/C18H34N6O.HI/c1-15(2)17(23-8-10-25-11-9-23)13-21-18(19-4)20-6-5-7-24-14-16(3)12-22-24;/h12,14-15,17H,5-11,13H2,1-4H3,(H2,19,20,21);1H. The Balaban J connectivity index is 0.00000338. The molecule has 1 aliphatic heterocycles. The zero-order valence-corrected chi connectivity index (χ0v) is 18.9. The van der Waals surface area contributed by atoms with Crippen LogP contribution in [0.5, 0.6) is 0 Å². The minimum Gasteiger partial charge on any atom is -0.379 e. The SMILES string of the molecule is CN=C(NCCCn1cc(C)cn1)NCC(C(C)C)N1CCOCC1.I. The van der Waals surface area contributed by atoms with E-state index in [0.717, 1.165) is 58.3 Å². The molecule has 2 rings (SSSR count). The first-order valence-electron chi connectivity index (χ1n) is 9.35. The second-order valence-electron chi connectivity index (χ2n) is 6.97. The summed E-state index contributed by atoms with van der Waals surface area (Å²) in [7, 11) is 1.82. The summed E-state index contributed by atoms with van der Waals surface area (Å²) in [4.78, 5) is 6.86. The summed E-state index contributed by atoms with van der Waals surface area (Å²) in [6.45, 7) is 13.0. The van der Waals surface area contributed by atoms with E-state index in [2.05, 4.69) is 52.6 Å². The molecule has 0 amide bonds. The van der Waals surface area contributed by atoms with Crippen LogP contribution < -0.4 is 10.6 Å². The van der Waals surface area contributed by atoms with Crippen LogP contribution in [0, 0.1) is 12.8 Å². The van der Waals surface area contributed by atoms with Crippen LogP contribution in [-0.4, -0.2) is 73.1 Å². The summed E-state index contributed by atoms with van der Waals surface area (Å²) in [5, 5.41) is 11.2. The molecule has 1 fully saturated rings. The van der Waals surface area contributed by atoms with Crippen molar-refractivity contribution in [3.63, 3.8) is 0 Å². The molecule has 0 aromatic carbocycles. The predicted molar refractivity (Wildman–Crippen MR) is 117 cm³/mol. The minimum atomic E-state index is 0. The van der Waals surface area contributed by atoms with Crippen molar-refractivity contribution in [2.24, 2.45) is 10.9 Å². The highest BCUT2D eigenvalue weighted by Crippen LogP contribution is 2.12. The number of guanidine groups is 1. The zero-order chi connectivity index (χ0) is 18.1. The molecule has 2 heterocycles. The van der Waals surface area contributed by atoms with Crippen LogP contribution in [0.4, 0.5) is 0 Å². The maximum atomic E-state index is 5.47. The van der Waals surface area contributed by atoms with E-state index in [-0.39, 0.29) is 24.0 Å². The van der Waals surface area contributed by atoms with Gasteiger partial charge in [0.15, 0.2) is 5.96 Å². The number of hydrogen-bond donors (Lipinski definition) is 2. The molecule has 0 radical (unpaired) electrons. The average Bonchev–Trinajstić information content (AvgIpc) is 3.03. The third-order valence-electron chi connectivity index (χ3n) is 4.61. The van der Waals surface area contributed by atoms with E-state index in [1.165, 1.54) is 5.56 Å². The number of hydrogen-bond acceptors (Lipinski definition) is 4. The first-order valence-corrected chi connectivity index (χ1v) is 9.35. The lowest BCUT2D eigenvalue weighted by Gasteiger charge is -2.37.